The van der Waals surface area contributed by atoms with Gasteiger partial charge in [0.25, 0.3) is 0 Å². The molecule has 3 aromatic carbocycles. The van der Waals surface area contributed by atoms with Crippen LogP contribution in [0.15, 0.2) is 60.4 Å². The van der Waals surface area contributed by atoms with Crippen molar-refractivity contribution in [3.05, 3.63) is 83.3 Å². The predicted octanol–water partition coefficient (Wildman–Crippen LogP) is 9.96. The van der Waals surface area contributed by atoms with Crippen LogP contribution in [0.4, 0.5) is 0 Å². The first-order chi connectivity index (χ1) is 20.8. The SMILES string of the molecule is CCC(CC)C(=O)/C=C(\O)C(CC)CC.[2H]C([2H])(c1cccc2nc3c(nc12)C(C)(C)c1cccc2cc[c-]c-3c12)C(C)C.[Ir]. The third-order valence-electron chi connectivity index (χ3n) is 8.56. The standard InChI is InChI=1S/C25H23N2.C13H24O2.Ir/c1-15(2)14-17-10-7-13-20-22(17)27-24-23(26-20)18-11-5-8-16-9-6-12-19(21(16)18)25(24,3)4;1-5-10(6-2)12(14)9-13(15)11(7-3)8-4;/h5-10,12-13,15H,14H2,1-4H3;9-11,14H,5-8H2,1-4H3;/q-1;;/b;12-9-;/i14D2;;. The van der Waals surface area contributed by atoms with Gasteiger partial charge in [-0.3, -0.25) is 14.8 Å². The van der Waals surface area contributed by atoms with Gasteiger partial charge >= 0.3 is 0 Å². The number of fused-ring (bicyclic) bond motifs is 3. The van der Waals surface area contributed by atoms with Crippen LogP contribution >= 0.6 is 0 Å². The summed E-state index contributed by atoms with van der Waals surface area (Å²) in [7, 11) is 0. The molecule has 1 N–H and O–H groups in total. The van der Waals surface area contributed by atoms with Gasteiger partial charge < -0.3 is 5.11 Å². The first-order valence-corrected chi connectivity index (χ1v) is 15.5. The molecule has 0 amide bonds. The molecule has 0 atom stereocenters. The Morgan fingerprint density at radius 1 is 0.977 bits per heavy atom. The largest absolute Gasteiger partial charge is 0.512 e. The zero-order valence-electron chi connectivity index (χ0n) is 28.8. The van der Waals surface area contributed by atoms with Crippen molar-refractivity contribution in [1.29, 1.82) is 0 Å². The number of aliphatic hydroxyl groups is 1. The number of aromatic nitrogens is 2. The van der Waals surface area contributed by atoms with Gasteiger partial charge in [-0.2, -0.15) is 0 Å². The molecular weight excluding hydrogens is 709 g/mol. The van der Waals surface area contributed by atoms with E-state index in [0.717, 1.165) is 48.2 Å². The summed E-state index contributed by atoms with van der Waals surface area (Å²) in [5.41, 5.74) is 5.60. The van der Waals surface area contributed by atoms with Gasteiger partial charge in [0.15, 0.2) is 5.78 Å². The number of para-hydroxylation sites is 1. The molecule has 1 aliphatic rings. The molecule has 0 bridgehead atoms. The summed E-state index contributed by atoms with van der Waals surface area (Å²) >= 11 is 0. The minimum atomic E-state index is -1.48. The number of nitrogens with zero attached hydrogens (tertiary/aromatic N) is 2. The van der Waals surface area contributed by atoms with E-state index in [1.807, 2.05) is 65.8 Å². The first-order valence-electron chi connectivity index (χ1n) is 16.5. The summed E-state index contributed by atoms with van der Waals surface area (Å²) in [6.07, 6.45) is 3.43. The summed E-state index contributed by atoms with van der Waals surface area (Å²) in [6, 6.07) is 19.5. The average molecular weight is 758 g/mol. The Kier molecular flexibility index (Phi) is 10.8. The van der Waals surface area contributed by atoms with Gasteiger partial charge in [0.2, 0.25) is 0 Å². The maximum absolute atomic E-state index is 11.7. The fraction of sp³-hybridized carbons (Fsp3) is 0.447. The van der Waals surface area contributed by atoms with Gasteiger partial charge in [0.05, 0.1) is 16.8 Å². The zero-order valence-corrected chi connectivity index (χ0v) is 29.2. The van der Waals surface area contributed by atoms with E-state index < -0.39 is 6.37 Å². The number of aliphatic hydroxyl groups excluding tert-OH is 1. The molecule has 5 heteroatoms. The molecule has 0 unspecified atom stereocenters. The van der Waals surface area contributed by atoms with E-state index in [2.05, 4.69) is 44.2 Å². The van der Waals surface area contributed by atoms with Crippen molar-refractivity contribution < 1.29 is 32.7 Å². The molecule has 0 saturated heterocycles. The second-order valence-corrected chi connectivity index (χ2v) is 12.1. The van der Waals surface area contributed by atoms with Gasteiger partial charge in [-0.15, -0.1) is 29.1 Å². The second kappa shape index (κ2) is 14.7. The van der Waals surface area contributed by atoms with E-state index >= 15 is 0 Å². The van der Waals surface area contributed by atoms with E-state index in [0.29, 0.717) is 11.1 Å². The van der Waals surface area contributed by atoms with Crippen LogP contribution in [0.25, 0.3) is 33.1 Å². The first kappa shape index (κ1) is 31.5. The number of hydrogen-bond donors (Lipinski definition) is 1. The molecule has 0 aliphatic heterocycles. The monoisotopic (exact) mass is 758 g/mol. The molecule has 0 spiro atoms. The Morgan fingerprint density at radius 2 is 1.63 bits per heavy atom. The van der Waals surface area contributed by atoms with Crippen LogP contribution in [-0.2, 0) is 36.7 Å². The summed E-state index contributed by atoms with van der Waals surface area (Å²) in [4.78, 5) is 21.8. The predicted molar refractivity (Wildman–Crippen MR) is 176 cm³/mol. The molecule has 4 nitrogen and oxygen atoms in total. The van der Waals surface area contributed by atoms with Crippen molar-refractivity contribution in [1.82, 2.24) is 9.97 Å². The maximum atomic E-state index is 11.7. The number of hydrogen-bond acceptors (Lipinski definition) is 4. The fourth-order valence-corrected chi connectivity index (χ4v) is 6.00. The van der Waals surface area contributed by atoms with Gasteiger partial charge in [0, 0.05) is 57.6 Å². The smallest absolute Gasteiger partial charge is 0.162 e. The van der Waals surface area contributed by atoms with Crippen molar-refractivity contribution in [2.75, 3.05) is 0 Å². The molecule has 1 heterocycles. The summed E-state index contributed by atoms with van der Waals surface area (Å²) in [6.45, 7) is 16.2. The minimum Gasteiger partial charge on any atom is -0.512 e. The van der Waals surface area contributed by atoms with Crippen LogP contribution in [0.2, 0.25) is 0 Å². The Hall–Kier alpha value is -2.88. The van der Waals surface area contributed by atoms with Crippen LogP contribution in [0.3, 0.4) is 0 Å². The Balaban J connectivity index is 0.000000297. The van der Waals surface area contributed by atoms with Crippen molar-refractivity contribution in [3.63, 3.8) is 0 Å². The van der Waals surface area contributed by atoms with Crippen LogP contribution in [0.1, 0.15) is 101 Å². The summed E-state index contributed by atoms with van der Waals surface area (Å²) < 4.78 is 17.3. The Bertz CT molecular complexity index is 1680. The van der Waals surface area contributed by atoms with Crippen molar-refractivity contribution >= 4 is 27.6 Å². The Morgan fingerprint density at radius 3 is 2.26 bits per heavy atom. The average Bonchev–Trinajstić information content (AvgIpc) is 3.00. The Labute approximate surface area is 274 Å². The molecule has 43 heavy (non-hydrogen) atoms. The normalized spacial score (nSPS) is 14.6. The van der Waals surface area contributed by atoms with Crippen LogP contribution in [-0.4, -0.2) is 20.9 Å². The van der Waals surface area contributed by atoms with E-state index in [9.17, 15) is 9.90 Å². The van der Waals surface area contributed by atoms with E-state index in [1.54, 1.807) is 0 Å². The summed E-state index contributed by atoms with van der Waals surface area (Å²) in [5, 5.41) is 12.1. The molecule has 1 aliphatic carbocycles. The van der Waals surface area contributed by atoms with Gasteiger partial charge in [0.1, 0.15) is 0 Å². The minimum absolute atomic E-state index is 0. The summed E-state index contributed by atoms with van der Waals surface area (Å²) in [5.74, 6) is 0.382. The number of ketones is 1. The van der Waals surface area contributed by atoms with E-state index in [1.165, 1.54) is 22.4 Å². The van der Waals surface area contributed by atoms with Crippen molar-refractivity contribution in [2.45, 2.75) is 92.9 Å². The number of rotatable bonds is 9. The molecule has 5 rings (SSSR count). The maximum Gasteiger partial charge on any atom is 0.162 e. The second-order valence-electron chi connectivity index (χ2n) is 12.1. The molecule has 1 aromatic heterocycles. The van der Waals surface area contributed by atoms with Crippen molar-refractivity contribution in [2.24, 2.45) is 17.8 Å². The molecular formula is C38H47IrN2O2-. The quantitative estimate of drug-likeness (QED) is 0.105. The van der Waals surface area contributed by atoms with Crippen LogP contribution in [0, 0.1) is 23.8 Å². The number of carbonyl (C=O) groups excluding carboxylic acids is 1. The van der Waals surface area contributed by atoms with Gasteiger partial charge in [-0.05, 0) is 49.6 Å². The molecule has 4 aromatic rings. The van der Waals surface area contributed by atoms with Gasteiger partial charge in [-0.25, -0.2) is 0 Å². The molecule has 0 saturated carbocycles. The third-order valence-corrected chi connectivity index (χ3v) is 8.56. The van der Waals surface area contributed by atoms with Gasteiger partial charge in [-0.1, -0.05) is 96.7 Å². The fourth-order valence-electron chi connectivity index (χ4n) is 6.00. The van der Waals surface area contributed by atoms with E-state index in [4.69, 9.17) is 12.7 Å². The molecule has 0 fully saturated rings. The van der Waals surface area contributed by atoms with Crippen LogP contribution < -0.4 is 0 Å². The third kappa shape index (κ3) is 7.10. The molecule has 231 valence electrons. The van der Waals surface area contributed by atoms with Crippen molar-refractivity contribution in [3.8, 4) is 11.3 Å². The zero-order chi connectivity index (χ0) is 32.4. The molecule has 1 radical (unpaired) electrons. The number of allylic oxidation sites excluding steroid dienone is 2. The number of benzene rings is 3. The topological polar surface area (TPSA) is 63.1 Å². The van der Waals surface area contributed by atoms with Crippen LogP contribution in [0.5, 0.6) is 0 Å². The van der Waals surface area contributed by atoms with E-state index in [-0.39, 0.29) is 54.8 Å². The number of carbonyl (C=O) groups is 1.